The van der Waals surface area contributed by atoms with Crippen LogP contribution in [-0.2, 0) is 6.42 Å². The minimum Gasteiger partial charge on any atom is -0.328 e. The molecule has 2 N–H and O–H groups in total. The molecule has 0 saturated heterocycles. The van der Waals surface area contributed by atoms with Gasteiger partial charge in [-0.1, -0.05) is 29.3 Å². The Kier molecular flexibility index (Phi) is 4.19. The molecule has 102 valence electrons. The Balaban J connectivity index is 2.61. The van der Waals surface area contributed by atoms with Crippen molar-refractivity contribution in [2.24, 2.45) is 5.73 Å². The van der Waals surface area contributed by atoms with Gasteiger partial charge >= 0.3 is 0 Å². The van der Waals surface area contributed by atoms with E-state index in [1.165, 1.54) is 0 Å². The van der Waals surface area contributed by atoms with Crippen LogP contribution < -0.4 is 5.73 Å². The number of aryl methyl sites for hydroxylation is 1. The van der Waals surface area contributed by atoms with Crippen LogP contribution in [0.4, 0.5) is 0 Å². The molecule has 19 heavy (non-hydrogen) atoms. The number of hydrogen-bond acceptors (Lipinski definition) is 2. The standard InChI is InChI=1S/C14H17Cl2N3/c1-8(17)7-11-12(15)5-4-6-13(11)19-10(3)14(16)9(2)18-19/h4-6,8H,7,17H2,1-3H3. The molecule has 3 nitrogen and oxygen atoms in total. The van der Waals surface area contributed by atoms with Crippen molar-refractivity contribution in [3.8, 4) is 5.69 Å². The Morgan fingerprint density at radius 3 is 2.53 bits per heavy atom. The molecule has 1 unspecified atom stereocenters. The molecule has 0 spiro atoms. The Bertz CT molecular complexity index is 603. The molecule has 0 saturated carbocycles. The van der Waals surface area contributed by atoms with Crippen LogP contribution in [0.1, 0.15) is 23.9 Å². The summed E-state index contributed by atoms with van der Waals surface area (Å²) in [5.74, 6) is 0. The van der Waals surface area contributed by atoms with Gasteiger partial charge in [-0.05, 0) is 44.9 Å². The van der Waals surface area contributed by atoms with E-state index in [1.54, 1.807) is 0 Å². The maximum absolute atomic E-state index is 6.29. The van der Waals surface area contributed by atoms with Gasteiger partial charge < -0.3 is 5.73 Å². The molecule has 0 amide bonds. The molecule has 2 rings (SSSR count). The fourth-order valence-corrected chi connectivity index (χ4v) is 2.49. The minimum absolute atomic E-state index is 0.0334. The van der Waals surface area contributed by atoms with Crippen LogP contribution >= 0.6 is 23.2 Å². The molecule has 0 aliphatic rings. The minimum atomic E-state index is 0.0334. The highest BCUT2D eigenvalue weighted by Gasteiger charge is 2.16. The summed E-state index contributed by atoms with van der Waals surface area (Å²) < 4.78 is 1.83. The van der Waals surface area contributed by atoms with Gasteiger partial charge in [0, 0.05) is 11.1 Å². The van der Waals surface area contributed by atoms with Crippen LogP contribution in [0.3, 0.4) is 0 Å². The highest BCUT2D eigenvalue weighted by molar-refractivity contribution is 6.32. The molecule has 0 aliphatic carbocycles. The third kappa shape index (κ3) is 2.78. The number of benzene rings is 1. The maximum Gasteiger partial charge on any atom is 0.0848 e. The lowest BCUT2D eigenvalue weighted by Crippen LogP contribution is -2.19. The van der Waals surface area contributed by atoms with E-state index in [4.69, 9.17) is 28.9 Å². The maximum atomic E-state index is 6.29. The smallest absolute Gasteiger partial charge is 0.0848 e. The Morgan fingerprint density at radius 1 is 1.32 bits per heavy atom. The average Bonchev–Trinajstić information content (AvgIpc) is 2.59. The quantitative estimate of drug-likeness (QED) is 0.939. The molecule has 2 aromatic rings. The van der Waals surface area contributed by atoms with Crippen molar-refractivity contribution < 1.29 is 0 Å². The van der Waals surface area contributed by atoms with Crippen molar-refractivity contribution in [1.29, 1.82) is 0 Å². The largest absolute Gasteiger partial charge is 0.328 e. The Labute approximate surface area is 123 Å². The van der Waals surface area contributed by atoms with Gasteiger partial charge in [0.15, 0.2) is 0 Å². The van der Waals surface area contributed by atoms with Crippen molar-refractivity contribution in [3.63, 3.8) is 0 Å². The van der Waals surface area contributed by atoms with Crippen LogP contribution in [0.2, 0.25) is 10.0 Å². The Hall–Kier alpha value is -1.03. The monoisotopic (exact) mass is 297 g/mol. The zero-order chi connectivity index (χ0) is 14.2. The molecule has 0 radical (unpaired) electrons. The number of nitrogens with zero attached hydrogens (tertiary/aromatic N) is 2. The molecular formula is C14H17Cl2N3. The van der Waals surface area contributed by atoms with E-state index in [9.17, 15) is 0 Å². The molecule has 1 atom stereocenters. The molecule has 1 heterocycles. The zero-order valence-corrected chi connectivity index (χ0v) is 12.8. The second kappa shape index (κ2) is 5.53. The molecule has 0 fully saturated rings. The normalized spacial score (nSPS) is 12.7. The van der Waals surface area contributed by atoms with E-state index in [2.05, 4.69) is 5.10 Å². The Morgan fingerprint density at radius 2 is 2.00 bits per heavy atom. The molecule has 0 bridgehead atoms. The van der Waals surface area contributed by atoms with Gasteiger partial charge in [0.1, 0.15) is 0 Å². The van der Waals surface area contributed by atoms with Crippen molar-refractivity contribution >= 4 is 23.2 Å². The first-order valence-electron chi connectivity index (χ1n) is 6.17. The van der Waals surface area contributed by atoms with Gasteiger partial charge in [-0.2, -0.15) is 5.10 Å². The van der Waals surface area contributed by atoms with Gasteiger partial charge in [0.25, 0.3) is 0 Å². The van der Waals surface area contributed by atoms with Gasteiger partial charge in [-0.25, -0.2) is 4.68 Å². The predicted molar refractivity (Wildman–Crippen MR) is 80.4 cm³/mol. The van der Waals surface area contributed by atoms with Gasteiger partial charge in [-0.15, -0.1) is 0 Å². The van der Waals surface area contributed by atoms with Crippen molar-refractivity contribution in [3.05, 3.63) is 45.2 Å². The molecule has 0 aliphatic heterocycles. The first-order chi connectivity index (χ1) is 8.91. The number of nitrogens with two attached hydrogens (primary N) is 1. The first-order valence-corrected chi connectivity index (χ1v) is 6.92. The van der Waals surface area contributed by atoms with Gasteiger partial charge in [-0.3, -0.25) is 0 Å². The topological polar surface area (TPSA) is 43.8 Å². The zero-order valence-electron chi connectivity index (χ0n) is 11.2. The summed E-state index contributed by atoms with van der Waals surface area (Å²) in [4.78, 5) is 0. The predicted octanol–water partition coefficient (Wildman–Crippen LogP) is 3.69. The third-order valence-corrected chi connectivity index (χ3v) is 3.95. The van der Waals surface area contributed by atoms with Crippen molar-refractivity contribution in [2.75, 3.05) is 0 Å². The SMILES string of the molecule is Cc1nn(-c2cccc(Cl)c2CC(C)N)c(C)c1Cl. The second-order valence-electron chi connectivity index (χ2n) is 4.82. The lowest BCUT2D eigenvalue weighted by Gasteiger charge is -2.14. The second-order valence-corrected chi connectivity index (χ2v) is 5.60. The first kappa shape index (κ1) is 14.4. The lowest BCUT2D eigenvalue weighted by molar-refractivity contribution is 0.724. The summed E-state index contributed by atoms with van der Waals surface area (Å²) in [7, 11) is 0. The summed E-state index contributed by atoms with van der Waals surface area (Å²) in [5.41, 5.74) is 9.56. The number of rotatable bonds is 3. The summed E-state index contributed by atoms with van der Waals surface area (Å²) in [5, 5.41) is 5.87. The molecule has 5 heteroatoms. The van der Waals surface area contributed by atoms with Crippen LogP contribution in [0.25, 0.3) is 5.69 Å². The van der Waals surface area contributed by atoms with Gasteiger partial charge in [0.2, 0.25) is 0 Å². The van der Waals surface area contributed by atoms with E-state index in [0.717, 1.165) is 22.6 Å². The van der Waals surface area contributed by atoms with Crippen molar-refractivity contribution in [2.45, 2.75) is 33.2 Å². The average molecular weight is 298 g/mol. The van der Waals surface area contributed by atoms with Crippen LogP contribution in [-0.4, -0.2) is 15.8 Å². The molecular weight excluding hydrogens is 281 g/mol. The van der Waals surface area contributed by atoms with Crippen LogP contribution in [0.5, 0.6) is 0 Å². The number of halogens is 2. The van der Waals surface area contributed by atoms with Crippen molar-refractivity contribution in [1.82, 2.24) is 9.78 Å². The summed E-state index contributed by atoms with van der Waals surface area (Å²) in [6, 6.07) is 5.80. The number of hydrogen-bond donors (Lipinski definition) is 1. The van der Waals surface area contributed by atoms with E-state index < -0.39 is 0 Å². The summed E-state index contributed by atoms with van der Waals surface area (Å²) in [6.45, 7) is 5.79. The highest BCUT2D eigenvalue weighted by atomic mass is 35.5. The van der Waals surface area contributed by atoms with E-state index in [1.807, 2.05) is 43.7 Å². The van der Waals surface area contributed by atoms with Gasteiger partial charge in [0.05, 0.1) is 22.1 Å². The fraction of sp³-hybridized carbons (Fsp3) is 0.357. The number of aromatic nitrogens is 2. The third-order valence-electron chi connectivity index (χ3n) is 3.05. The molecule has 1 aromatic carbocycles. The lowest BCUT2D eigenvalue weighted by atomic mass is 10.1. The van der Waals surface area contributed by atoms with Crippen LogP contribution in [0.15, 0.2) is 18.2 Å². The fourth-order valence-electron chi connectivity index (χ4n) is 2.13. The van der Waals surface area contributed by atoms with E-state index in [0.29, 0.717) is 16.5 Å². The summed E-state index contributed by atoms with van der Waals surface area (Å²) in [6.07, 6.45) is 0.699. The van der Waals surface area contributed by atoms with E-state index >= 15 is 0 Å². The van der Waals surface area contributed by atoms with E-state index in [-0.39, 0.29) is 6.04 Å². The molecule has 1 aromatic heterocycles. The summed E-state index contributed by atoms with van der Waals surface area (Å²) >= 11 is 12.5. The van der Waals surface area contributed by atoms with Crippen LogP contribution in [0, 0.1) is 13.8 Å². The highest BCUT2D eigenvalue weighted by Crippen LogP contribution is 2.28.